The van der Waals surface area contributed by atoms with Crippen LogP contribution in [0.15, 0.2) is 58.1 Å². The van der Waals surface area contributed by atoms with E-state index in [2.05, 4.69) is 11.8 Å². The molecule has 0 spiro atoms. The number of benzene rings is 2. The van der Waals surface area contributed by atoms with E-state index >= 15 is 0 Å². The number of aryl methyl sites for hydroxylation is 1. The van der Waals surface area contributed by atoms with Gasteiger partial charge in [0.15, 0.2) is 0 Å². The molecule has 3 rings (SSSR count). The van der Waals surface area contributed by atoms with Gasteiger partial charge in [-0.2, -0.15) is 0 Å². The van der Waals surface area contributed by atoms with E-state index in [4.69, 9.17) is 0 Å². The van der Waals surface area contributed by atoms with Crippen LogP contribution in [0.3, 0.4) is 0 Å². The fraction of sp³-hybridized carbons (Fsp3) is 0.217. The molecule has 1 aromatic heterocycles. The summed E-state index contributed by atoms with van der Waals surface area (Å²) in [4.78, 5) is 27.3. The second kappa shape index (κ2) is 7.61. The van der Waals surface area contributed by atoms with Crippen molar-refractivity contribution in [1.29, 1.82) is 0 Å². The Balaban J connectivity index is 2.23. The fourth-order valence-electron chi connectivity index (χ4n) is 2.95. The van der Waals surface area contributed by atoms with Gasteiger partial charge in [-0.3, -0.25) is 13.9 Å². The molecule has 0 bridgehead atoms. The summed E-state index contributed by atoms with van der Waals surface area (Å²) in [5.74, 6) is 6.13. The molecule has 5 heteroatoms. The van der Waals surface area contributed by atoms with E-state index in [-0.39, 0.29) is 5.56 Å². The predicted octanol–water partition coefficient (Wildman–Crippen LogP) is 2.53. The van der Waals surface area contributed by atoms with Crippen molar-refractivity contribution in [2.24, 2.45) is 14.1 Å². The normalized spacial score (nSPS) is 10.3. The third kappa shape index (κ3) is 3.63. The number of aromatic nitrogens is 2. The average Bonchev–Trinajstić information content (AvgIpc) is 2.69. The quantitative estimate of drug-likeness (QED) is 0.649. The minimum absolute atomic E-state index is 0.353. The standard InChI is InChI=1S/C23H23N3O2/c1-16-6-8-17(9-7-16)10-15-20-21(22(27)26(5)23(28)25(20)4)18-11-13-19(14-12-18)24(2)3/h6-9,11-14H,1-5H3. The molecule has 3 aromatic rings. The zero-order valence-corrected chi connectivity index (χ0v) is 16.8. The van der Waals surface area contributed by atoms with Crippen LogP contribution in [0.25, 0.3) is 11.1 Å². The van der Waals surface area contributed by atoms with E-state index in [1.54, 1.807) is 7.05 Å². The van der Waals surface area contributed by atoms with Crippen molar-refractivity contribution >= 4 is 5.69 Å². The molecule has 0 saturated carbocycles. The maximum atomic E-state index is 12.9. The first-order chi connectivity index (χ1) is 13.3. The molecule has 0 fully saturated rings. The van der Waals surface area contributed by atoms with Crippen LogP contribution in [0, 0.1) is 18.8 Å². The molecular weight excluding hydrogens is 350 g/mol. The predicted molar refractivity (Wildman–Crippen MR) is 114 cm³/mol. The van der Waals surface area contributed by atoms with E-state index in [0.717, 1.165) is 26.9 Å². The summed E-state index contributed by atoms with van der Waals surface area (Å²) in [7, 11) is 7.04. The van der Waals surface area contributed by atoms with Crippen molar-refractivity contribution in [3.05, 3.63) is 86.2 Å². The highest BCUT2D eigenvalue weighted by atomic mass is 16.2. The summed E-state index contributed by atoms with van der Waals surface area (Å²) in [6.45, 7) is 2.01. The Morgan fingerprint density at radius 2 is 1.43 bits per heavy atom. The third-order valence-corrected chi connectivity index (χ3v) is 4.71. The molecule has 0 amide bonds. The van der Waals surface area contributed by atoms with Gasteiger partial charge in [0.05, 0.1) is 5.56 Å². The lowest BCUT2D eigenvalue weighted by atomic mass is 10.0. The van der Waals surface area contributed by atoms with Crippen molar-refractivity contribution in [2.45, 2.75) is 6.92 Å². The summed E-state index contributed by atoms with van der Waals surface area (Å²) < 4.78 is 2.55. The van der Waals surface area contributed by atoms with Crippen LogP contribution in [-0.2, 0) is 14.1 Å². The molecule has 0 radical (unpaired) electrons. The molecule has 28 heavy (non-hydrogen) atoms. The van der Waals surface area contributed by atoms with Gasteiger partial charge in [0.1, 0.15) is 5.69 Å². The van der Waals surface area contributed by atoms with E-state index in [1.165, 1.54) is 11.6 Å². The zero-order chi connectivity index (χ0) is 20.4. The summed E-state index contributed by atoms with van der Waals surface area (Å²) in [6, 6.07) is 15.5. The molecule has 0 unspecified atom stereocenters. The number of anilines is 1. The van der Waals surface area contributed by atoms with Gasteiger partial charge in [0, 0.05) is 39.4 Å². The van der Waals surface area contributed by atoms with Gasteiger partial charge in [-0.05, 0) is 42.7 Å². The lowest BCUT2D eigenvalue weighted by Crippen LogP contribution is -2.39. The number of hydrogen-bond acceptors (Lipinski definition) is 3. The fourth-order valence-corrected chi connectivity index (χ4v) is 2.95. The number of hydrogen-bond donors (Lipinski definition) is 0. The Bertz CT molecular complexity index is 1190. The minimum atomic E-state index is -0.396. The summed E-state index contributed by atoms with van der Waals surface area (Å²) in [5, 5.41) is 0. The second-order valence-corrected chi connectivity index (χ2v) is 6.99. The Morgan fingerprint density at radius 3 is 2.00 bits per heavy atom. The van der Waals surface area contributed by atoms with Crippen LogP contribution in [0.4, 0.5) is 5.69 Å². The van der Waals surface area contributed by atoms with Gasteiger partial charge in [-0.1, -0.05) is 35.7 Å². The topological polar surface area (TPSA) is 47.2 Å². The molecule has 142 valence electrons. The third-order valence-electron chi connectivity index (χ3n) is 4.71. The highest BCUT2D eigenvalue weighted by Crippen LogP contribution is 2.22. The molecule has 0 aliphatic rings. The summed E-state index contributed by atoms with van der Waals surface area (Å²) in [5.41, 5.74) is 3.81. The van der Waals surface area contributed by atoms with E-state index in [1.807, 2.05) is 74.4 Å². The molecule has 0 aliphatic carbocycles. The SMILES string of the molecule is Cc1ccc(C#Cc2c(-c3ccc(N(C)C)cc3)c(=O)n(C)c(=O)n2C)cc1. The van der Waals surface area contributed by atoms with Gasteiger partial charge >= 0.3 is 5.69 Å². The van der Waals surface area contributed by atoms with Crippen molar-refractivity contribution in [2.75, 3.05) is 19.0 Å². The monoisotopic (exact) mass is 373 g/mol. The van der Waals surface area contributed by atoms with Gasteiger partial charge in [0.2, 0.25) is 0 Å². The Morgan fingerprint density at radius 1 is 0.821 bits per heavy atom. The Hall–Kier alpha value is -3.52. The smallest absolute Gasteiger partial charge is 0.331 e. The van der Waals surface area contributed by atoms with Crippen LogP contribution < -0.4 is 16.1 Å². The summed E-state index contributed by atoms with van der Waals surface area (Å²) in [6.07, 6.45) is 0. The molecule has 0 saturated heterocycles. The van der Waals surface area contributed by atoms with Crippen LogP contribution in [-0.4, -0.2) is 23.2 Å². The first kappa shape index (κ1) is 19.2. The summed E-state index contributed by atoms with van der Waals surface area (Å²) >= 11 is 0. The van der Waals surface area contributed by atoms with Gasteiger partial charge < -0.3 is 4.90 Å². The van der Waals surface area contributed by atoms with E-state index in [0.29, 0.717) is 11.3 Å². The molecule has 0 N–H and O–H groups in total. The molecule has 0 aliphatic heterocycles. The molecule has 2 aromatic carbocycles. The molecular formula is C23H23N3O2. The van der Waals surface area contributed by atoms with Crippen LogP contribution >= 0.6 is 0 Å². The maximum absolute atomic E-state index is 12.9. The molecule has 0 atom stereocenters. The largest absolute Gasteiger partial charge is 0.378 e. The number of nitrogens with zero attached hydrogens (tertiary/aromatic N) is 3. The lowest BCUT2D eigenvalue weighted by molar-refractivity contribution is 0.682. The first-order valence-corrected chi connectivity index (χ1v) is 8.96. The van der Waals surface area contributed by atoms with Gasteiger partial charge in [-0.25, -0.2) is 4.79 Å². The van der Waals surface area contributed by atoms with Crippen LogP contribution in [0.5, 0.6) is 0 Å². The zero-order valence-electron chi connectivity index (χ0n) is 16.8. The highest BCUT2D eigenvalue weighted by Gasteiger charge is 2.16. The first-order valence-electron chi connectivity index (χ1n) is 8.96. The van der Waals surface area contributed by atoms with Crippen molar-refractivity contribution < 1.29 is 0 Å². The number of rotatable bonds is 2. The van der Waals surface area contributed by atoms with E-state index in [9.17, 15) is 9.59 Å². The highest BCUT2D eigenvalue weighted by molar-refractivity contribution is 5.71. The van der Waals surface area contributed by atoms with Crippen molar-refractivity contribution in [3.63, 3.8) is 0 Å². The van der Waals surface area contributed by atoms with Crippen LogP contribution in [0.2, 0.25) is 0 Å². The maximum Gasteiger partial charge on any atom is 0.331 e. The van der Waals surface area contributed by atoms with E-state index < -0.39 is 5.69 Å². The molecule has 1 heterocycles. The van der Waals surface area contributed by atoms with Crippen LogP contribution in [0.1, 0.15) is 16.8 Å². The second-order valence-electron chi connectivity index (χ2n) is 6.99. The lowest BCUT2D eigenvalue weighted by Gasteiger charge is -2.14. The van der Waals surface area contributed by atoms with Gasteiger partial charge in [0.25, 0.3) is 5.56 Å². The Kier molecular flexibility index (Phi) is 5.23. The average molecular weight is 373 g/mol. The van der Waals surface area contributed by atoms with Gasteiger partial charge in [-0.15, -0.1) is 0 Å². The van der Waals surface area contributed by atoms with Crippen molar-refractivity contribution in [3.8, 4) is 23.0 Å². The molecule has 5 nitrogen and oxygen atoms in total. The Labute approximate surface area is 164 Å². The minimum Gasteiger partial charge on any atom is -0.378 e. The van der Waals surface area contributed by atoms with Crippen molar-refractivity contribution in [1.82, 2.24) is 9.13 Å².